The van der Waals surface area contributed by atoms with Gasteiger partial charge in [-0.05, 0) is 0 Å². The molecule has 3 aromatic rings. The van der Waals surface area contributed by atoms with Crippen LogP contribution in [-0.4, -0.2) is 18.3 Å². The Balaban J connectivity index is 2.12. The molecule has 0 N–H and O–H groups in total. The molecule has 0 aliphatic carbocycles. The number of nitrogens with zero attached hydrogens (tertiary/aromatic N) is 1. The summed E-state index contributed by atoms with van der Waals surface area (Å²) < 4.78 is 40.0. The average Bonchev–Trinajstić information content (AvgIpc) is 2.76. The molecule has 102 valence electrons. The number of hydrogen-bond acceptors (Lipinski definition) is 1. The van der Waals surface area contributed by atoms with Crippen LogP contribution in [0.25, 0.3) is 15.3 Å². The SMILES string of the molecule is O=c1c2ccccc2[se]n1-c1ccc(C(F)(F)F)cc1. The molecule has 3 rings (SSSR count). The first-order valence-electron chi connectivity index (χ1n) is 5.75. The van der Waals surface area contributed by atoms with Gasteiger partial charge in [0.25, 0.3) is 0 Å². The van der Waals surface area contributed by atoms with Crippen LogP contribution >= 0.6 is 0 Å². The number of aromatic nitrogens is 1. The van der Waals surface area contributed by atoms with Crippen LogP contribution < -0.4 is 5.56 Å². The number of alkyl halides is 3. The van der Waals surface area contributed by atoms with E-state index < -0.39 is 11.7 Å². The summed E-state index contributed by atoms with van der Waals surface area (Å²) in [6.07, 6.45) is -4.36. The summed E-state index contributed by atoms with van der Waals surface area (Å²) >= 11 is -0.229. The molecule has 2 nitrogen and oxygen atoms in total. The van der Waals surface area contributed by atoms with Crippen LogP contribution in [0.3, 0.4) is 0 Å². The minimum atomic E-state index is -4.36. The molecule has 0 aliphatic heterocycles. The maximum atomic E-state index is 12.5. The van der Waals surface area contributed by atoms with Gasteiger partial charge in [-0.1, -0.05) is 0 Å². The van der Waals surface area contributed by atoms with E-state index in [1.54, 1.807) is 12.1 Å². The van der Waals surface area contributed by atoms with Crippen molar-refractivity contribution in [3.05, 3.63) is 64.4 Å². The third kappa shape index (κ3) is 2.21. The molecule has 0 saturated carbocycles. The first-order valence-corrected chi connectivity index (χ1v) is 7.38. The third-order valence-electron chi connectivity index (χ3n) is 2.92. The van der Waals surface area contributed by atoms with Crippen molar-refractivity contribution in [3.8, 4) is 5.69 Å². The first-order chi connectivity index (χ1) is 9.47. The monoisotopic (exact) mass is 343 g/mol. The van der Waals surface area contributed by atoms with E-state index in [1.165, 1.54) is 15.7 Å². The van der Waals surface area contributed by atoms with E-state index in [2.05, 4.69) is 0 Å². The van der Waals surface area contributed by atoms with Gasteiger partial charge in [-0.3, -0.25) is 0 Å². The summed E-state index contributed by atoms with van der Waals surface area (Å²) in [7, 11) is 0. The van der Waals surface area contributed by atoms with Gasteiger partial charge >= 0.3 is 117 Å². The second-order valence-corrected chi connectivity index (χ2v) is 6.30. The van der Waals surface area contributed by atoms with E-state index >= 15 is 0 Å². The molecule has 0 bridgehead atoms. The molecule has 1 heterocycles. The Labute approximate surface area is 118 Å². The number of rotatable bonds is 1. The third-order valence-corrected chi connectivity index (χ3v) is 5.25. The fourth-order valence-electron chi connectivity index (χ4n) is 1.93. The zero-order valence-corrected chi connectivity index (χ0v) is 11.7. The molecule has 0 aliphatic rings. The quantitative estimate of drug-likeness (QED) is 0.623. The standard InChI is InChI=1S/C14H8F3NOSe/c15-14(16,17)9-5-7-10(8-6-9)18-13(19)11-3-1-2-4-12(11)20-18/h1-8H. The van der Waals surface area contributed by atoms with E-state index in [0.717, 1.165) is 16.4 Å². The van der Waals surface area contributed by atoms with Crippen molar-refractivity contribution in [3.63, 3.8) is 0 Å². The summed E-state index contributed by atoms with van der Waals surface area (Å²) in [4.78, 5) is 12.2. The second kappa shape index (κ2) is 4.65. The Bertz CT molecular complexity index is 815. The van der Waals surface area contributed by atoms with Crippen LogP contribution in [-0.2, 0) is 6.18 Å². The van der Waals surface area contributed by atoms with Crippen molar-refractivity contribution in [2.45, 2.75) is 6.18 Å². The Morgan fingerprint density at radius 1 is 0.950 bits per heavy atom. The molecule has 2 aromatic carbocycles. The maximum absolute atomic E-state index is 12.5. The fourth-order valence-corrected chi connectivity index (χ4v) is 4.02. The summed E-state index contributed by atoms with van der Waals surface area (Å²) in [5.74, 6) is 0. The van der Waals surface area contributed by atoms with E-state index in [9.17, 15) is 18.0 Å². The van der Waals surface area contributed by atoms with E-state index in [4.69, 9.17) is 0 Å². The molecule has 20 heavy (non-hydrogen) atoms. The zero-order chi connectivity index (χ0) is 14.3. The minimum absolute atomic E-state index is 0.152. The van der Waals surface area contributed by atoms with E-state index in [-0.39, 0.29) is 20.3 Å². The molecule has 0 amide bonds. The molecule has 0 radical (unpaired) electrons. The summed E-state index contributed by atoms with van der Waals surface area (Å²) in [6.45, 7) is 0. The van der Waals surface area contributed by atoms with Crippen molar-refractivity contribution in [1.29, 1.82) is 0 Å². The van der Waals surface area contributed by atoms with E-state index in [0.29, 0.717) is 11.1 Å². The van der Waals surface area contributed by atoms with Gasteiger partial charge in [-0.15, -0.1) is 0 Å². The van der Waals surface area contributed by atoms with Gasteiger partial charge in [0.2, 0.25) is 0 Å². The topological polar surface area (TPSA) is 22.0 Å². The van der Waals surface area contributed by atoms with Crippen molar-refractivity contribution in [2.75, 3.05) is 0 Å². The van der Waals surface area contributed by atoms with Crippen LogP contribution in [0.15, 0.2) is 53.3 Å². The van der Waals surface area contributed by atoms with Crippen molar-refractivity contribution in [2.24, 2.45) is 0 Å². The number of benzene rings is 2. The van der Waals surface area contributed by atoms with Gasteiger partial charge in [-0.2, -0.15) is 0 Å². The van der Waals surface area contributed by atoms with Crippen molar-refractivity contribution in [1.82, 2.24) is 3.56 Å². The fraction of sp³-hybridized carbons (Fsp3) is 0.0714. The van der Waals surface area contributed by atoms with Gasteiger partial charge in [0.1, 0.15) is 0 Å². The van der Waals surface area contributed by atoms with Gasteiger partial charge in [0, 0.05) is 0 Å². The molecule has 0 spiro atoms. The molecule has 1 aromatic heterocycles. The van der Waals surface area contributed by atoms with Crippen molar-refractivity contribution >= 4 is 24.4 Å². The summed E-state index contributed by atoms with van der Waals surface area (Å²) in [6, 6.07) is 11.9. The van der Waals surface area contributed by atoms with Gasteiger partial charge < -0.3 is 0 Å². The number of halogens is 3. The Kier molecular flexibility index (Phi) is 3.07. The number of hydrogen-bond donors (Lipinski definition) is 0. The molecular formula is C14H8F3NOSe. The molecule has 6 heteroatoms. The van der Waals surface area contributed by atoms with Gasteiger partial charge in [0.05, 0.1) is 0 Å². The second-order valence-electron chi connectivity index (χ2n) is 4.23. The van der Waals surface area contributed by atoms with Gasteiger partial charge in [0.15, 0.2) is 0 Å². The molecule has 0 unspecified atom stereocenters. The average molecular weight is 342 g/mol. The van der Waals surface area contributed by atoms with Crippen LogP contribution in [0.1, 0.15) is 5.56 Å². The molecular weight excluding hydrogens is 334 g/mol. The molecule has 0 atom stereocenters. The van der Waals surface area contributed by atoms with E-state index in [1.807, 2.05) is 12.1 Å². The predicted molar refractivity (Wildman–Crippen MR) is 71.5 cm³/mol. The normalized spacial score (nSPS) is 11.9. The zero-order valence-electron chi connectivity index (χ0n) is 10.0. The van der Waals surface area contributed by atoms with Crippen LogP contribution in [0.2, 0.25) is 0 Å². The van der Waals surface area contributed by atoms with Crippen LogP contribution in [0.4, 0.5) is 13.2 Å². The predicted octanol–water partition coefficient (Wildman–Crippen LogP) is 3.07. The molecule has 0 saturated heterocycles. The Morgan fingerprint density at radius 3 is 2.20 bits per heavy atom. The first kappa shape index (κ1) is 13.2. The van der Waals surface area contributed by atoms with Crippen LogP contribution in [0, 0.1) is 0 Å². The summed E-state index contributed by atoms with van der Waals surface area (Å²) in [5.41, 5.74) is -0.363. The van der Waals surface area contributed by atoms with Gasteiger partial charge in [-0.25, -0.2) is 0 Å². The Hall–Kier alpha value is -1.78. The van der Waals surface area contributed by atoms with Crippen molar-refractivity contribution < 1.29 is 13.2 Å². The molecule has 0 fully saturated rings. The van der Waals surface area contributed by atoms with Crippen LogP contribution in [0.5, 0.6) is 0 Å². The number of fused-ring (bicyclic) bond motifs is 1. The summed E-state index contributed by atoms with van der Waals surface area (Å²) in [5, 5.41) is 0.632. The Morgan fingerprint density at radius 2 is 1.60 bits per heavy atom.